The van der Waals surface area contributed by atoms with Gasteiger partial charge < -0.3 is 0 Å². The number of hydrogen-bond acceptors (Lipinski definition) is 3. The van der Waals surface area contributed by atoms with E-state index in [1.54, 1.807) is 0.732 Å². The Hall–Kier alpha value is 1.08. The van der Waals surface area contributed by atoms with Gasteiger partial charge in [-0.15, -0.1) is 0.732 Å². The van der Waals surface area contributed by atoms with Crippen molar-refractivity contribution >= 4 is 57.9 Å². The largest absolute Gasteiger partial charge is 0.123 e. The van der Waals surface area contributed by atoms with Gasteiger partial charge in [-0.3, -0.25) is 0 Å². The van der Waals surface area contributed by atoms with E-state index in [0.717, 1.165) is 12.1 Å². The molecule has 40 valence electrons. The van der Waals surface area contributed by atoms with Crippen LogP contribution in [0.5, 0.6) is 0 Å². The van der Waals surface area contributed by atoms with Gasteiger partial charge in [-0.1, -0.05) is 0 Å². The average molecular weight is 342 g/mol. The summed E-state index contributed by atoms with van der Waals surface area (Å²) in [6.45, 7) is 0. The first-order valence-corrected chi connectivity index (χ1v) is 3.76. The summed E-state index contributed by atoms with van der Waals surface area (Å²) >= 11 is 5.01. The molecule has 0 saturated heterocycles. The molecule has 0 unspecified atom stereocenters. The van der Waals surface area contributed by atoms with Crippen LogP contribution in [0, 0.1) is 0 Å². The highest BCUT2D eigenvalue weighted by atomic mass is 127. The molecule has 0 aliphatic carbocycles. The van der Waals surface area contributed by atoms with Crippen molar-refractivity contribution in [2.24, 2.45) is 4.52 Å². The number of rotatable bonds is 2. The highest BCUT2D eigenvalue weighted by Crippen LogP contribution is 2.21. The second kappa shape index (κ2) is 5.22. The van der Waals surface area contributed by atoms with E-state index in [9.17, 15) is 0 Å². The molecular formula is I2N4S. The van der Waals surface area contributed by atoms with Gasteiger partial charge in [0.05, 0.1) is 0 Å². The number of nitrogens with zero attached hydrogens (tertiary/aromatic N) is 4. The molecule has 0 bridgehead atoms. The first kappa shape index (κ1) is 8.08. The second-order valence-electron chi connectivity index (χ2n) is 0.455. The molecule has 0 radical (unpaired) electrons. The average Bonchev–Trinajstić information content (AvgIpc) is 1.61. The van der Waals surface area contributed by atoms with Gasteiger partial charge in [0, 0.05) is 62.8 Å². The summed E-state index contributed by atoms with van der Waals surface area (Å²) in [4.78, 5) is 2.51. The van der Waals surface area contributed by atoms with Crippen molar-refractivity contribution in [2.45, 2.75) is 0 Å². The summed E-state index contributed by atoms with van der Waals surface area (Å²) in [5.41, 5.74) is 7.72. The fraction of sp³-hybridized carbons (Fsp3) is 0. The third-order valence-electron chi connectivity index (χ3n) is 0.135. The van der Waals surface area contributed by atoms with E-state index < -0.39 is 0 Å². The molecule has 0 aromatic rings. The Labute approximate surface area is 72.9 Å². The smallest absolute Gasteiger partial charge is 0.0433 e. The normalized spacial score (nSPS) is 8.43. The fourth-order valence-electron chi connectivity index (χ4n) is 0.0439. The van der Waals surface area contributed by atoms with Crippen LogP contribution in [0.3, 0.4) is 0 Å². The van der Waals surface area contributed by atoms with Crippen molar-refractivity contribution in [1.29, 1.82) is 0 Å². The molecule has 7 heavy (non-hydrogen) atoms. The van der Waals surface area contributed by atoms with Crippen LogP contribution in [0.15, 0.2) is 4.52 Å². The molecule has 0 aliphatic rings. The van der Waals surface area contributed by atoms with E-state index in [2.05, 4.69) is 9.43 Å². The lowest BCUT2D eigenvalue weighted by Crippen LogP contribution is -1.68. The third-order valence-corrected chi connectivity index (χ3v) is 1.46. The van der Waals surface area contributed by atoms with Crippen LogP contribution in [0.25, 0.3) is 10.4 Å². The molecule has 0 spiro atoms. The highest BCUT2D eigenvalue weighted by molar-refractivity contribution is 14.2. The molecule has 0 saturated carbocycles. The number of halogens is 2. The van der Waals surface area contributed by atoms with E-state index in [4.69, 9.17) is 5.53 Å². The van der Waals surface area contributed by atoms with Crippen LogP contribution < -0.4 is 0 Å². The molecule has 0 amide bonds. The Bertz CT molecular complexity index is 83.7. The summed E-state index contributed by atoms with van der Waals surface area (Å²) in [6, 6.07) is 0. The molecule has 0 aromatic carbocycles. The van der Waals surface area contributed by atoms with Crippen molar-refractivity contribution < 1.29 is 0 Å². The van der Waals surface area contributed by atoms with Crippen LogP contribution in [0.4, 0.5) is 0 Å². The van der Waals surface area contributed by atoms with Gasteiger partial charge in [0.25, 0.3) is 0 Å². The topological polar surface area (TPSA) is 52.0 Å². The fourth-order valence-corrected chi connectivity index (χ4v) is 0.604. The van der Waals surface area contributed by atoms with Gasteiger partial charge in [0.15, 0.2) is 0 Å². The van der Waals surface area contributed by atoms with Crippen LogP contribution in [-0.4, -0.2) is 0.732 Å². The summed E-state index contributed by atoms with van der Waals surface area (Å²) in [5.74, 6) is 0. The van der Waals surface area contributed by atoms with E-state index in [-0.39, 0.29) is 0 Å². The standard InChI is InChI=1S/I2N4S/c1-6(2)7-5-4-3. The molecule has 0 N–H and O–H groups in total. The predicted octanol–water partition coefficient (Wildman–Crippen LogP) is 2.86. The summed E-state index contributed by atoms with van der Waals surface area (Å²) < 4.78 is 4.83. The maximum Gasteiger partial charge on any atom is 0.0433 e. The predicted molar refractivity (Wildman–Crippen MR) is 46.6 cm³/mol. The van der Waals surface area contributed by atoms with Gasteiger partial charge >= 0.3 is 0 Å². The zero-order valence-corrected chi connectivity index (χ0v) is 8.08. The Balaban J connectivity index is 3.13. The molecule has 0 atom stereocenters. The maximum atomic E-state index is 7.72. The van der Waals surface area contributed by atoms with E-state index in [1.165, 1.54) is 0 Å². The first-order chi connectivity index (χ1) is 3.27. The van der Waals surface area contributed by atoms with Crippen molar-refractivity contribution in [3.05, 3.63) is 10.4 Å². The second-order valence-corrected chi connectivity index (χ2v) is 6.23. The molecule has 7 heteroatoms. The zero-order chi connectivity index (χ0) is 5.70. The van der Waals surface area contributed by atoms with Crippen molar-refractivity contribution in [3.63, 3.8) is 0 Å². The lowest BCUT2D eigenvalue weighted by Gasteiger charge is -1.91. The Kier molecular flexibility index (Phi) is 6.03. The molecule has 4 nitrogen and oxygen atoms in total. The van der Waals surface area contributed by atoms with Gasteiger partial charge in [0.2, 0.25) is 0 Å². The Morgan fingerprint density at radius 2 is 2.29 bits per heavy atom. The molecule has 0 aliphatic heterocycles. The Morgan fingerprint density at radius 1 is 1.71 bits per heavy atom. The van der Waals surface area contributed by atoms with Crippen molar-refractivity contribution in [2.75, 3.05) is 0 Å². The van der Waals surface area contributed by atoms with E-state index in [0.29, 0.717) is 0 Å². The minimum absolute atomic E-state index is 1.05. The van der Waals surface area contributed by atoms with Crippen LogP contribution in [0.1, 0.15) is 0 Å². The van der Waals surface area contributed by atoms with Gasteiger partial charge in [-0.25, -0.2) is 0 Å². The minimum Gasteiger partial charge on any atom is -0.123 e. The Morgan fingerprint density at radius 3 is 2.43 bits per heavy atom. The molecule has 0 rings (SSSR count). The lowest BCUT2D eigenvalue weighted by molar-refractivity contribution is 1.46. The van der Waals surface area contributed by atoms with Crippen LogP contribution in [0.2, 0.25) is 0 Å². The number of hydrogen-bond donors (Lipinski definition) is 0. The minimum atomic E-state index is 1.05. The third kappa shape index (κ3) is 7.08. The van der Waals surface area contributed by atoms with E-state index in [1.807, 2.05) is 45.7 Å². The van der Waals surface area contributed by atoms with Gasteiger partial charge in [-0.05, 0) is 10.1 Å². The van der Waals surface area contributed by atoms with Crippen LogP contribution in [-0.2, 0) is 0 Å². The molecular weight excluding hydrogens is 342 g/mol. The molecule has 0 aromatic heterocycles. The quantitative estimate of drug-likeness (QED) is 0.194. The van der Waals surface area contributed by atoms with Gasteiger partial charge in [0.1, 0.15) is 0 Å². The zero-order valence-electron chi connectivity index (χ0n) is 2.95. The first-order valence-electron chi connectivity index (χ1n) is 1.10. The molecule has 0 heterocycles. The van der Waals surface area contributed by atoms with Crippen LogP contribution >= 0.6 is 57.9 Å². The van der Waals surface area contributed by atoms with Gasteiger partial charge in [-0.2, -0.15) is 0 Å². The lowest BCUT2D eigenvalue weighted by atomic mass is 13.0. The van der Waals surface area contributed by atoms with Crippen molar-refractivity contribution in [1.82, 2.24) is 0.732 Å². The SMILES string of the molecule is [N-]=[N+]=NSN(I)I. The monoisotopic (exact) mass is 342 g/mol. The molecule has 0 fully saturated rings. The maximum absolute atomic E-state index is 7.72. The van der Waals surface area contributed by atoms with Crippen molar-refractivity contribution in [3.8, 4) is 0 Å². The number of azide groups is 1. The summed E-state index contributed by atoms with van der Waals surface area (Å²) in [5, 5.41) is 0. The summed E-state index contributed by atoms with van der Waals surface area (Å²) in [6.07, 6.45) is 0. The van der Waals surface area contributed by atoms with E-state index >= 15 is 0 Å². The highest BCUT2D eigenvalue weighted by Gasteiger charge is 1.85. The summed E-state index contributed by atoms with van der Waals surface area (Å²) in [7, 11) is 0.